The summed E-state index contributed by atoms with van der Waals surface area (Å²) in [6.45, 7) is 5.97. The van der Waals surface area contributed by atoms with E-state index in [2.05, 4.69) is 29.6 Å². The lowest BCUT2D eigenvalue weighted by atomic mass is 10.2. The van der Waals surface area contributed by atoms with Gasteiger partial charge in [-0.2, -0.15) is 0 Å². The third-order valence-corrected chi connectivity index (χ3v) is 5.21. The van der Waals surface area contributed by atoms with Crippen molar-refractivity contribution in [1.82, 2.24) is 10.2 Å². The molecule has 2 heterocycles. The molecular formula is C21H30N4O3+2. The van der Waals surface area contributed by atoms with Crippen molar-refractivity contribution in [3.8, 4) is 0 Å². The van der Waals surface area contributed by atoms with Crippen molar-refractivity contribution < 1.29 is 23.8 Å². The first-order valence-corrected chi connectivity index (χ1v) is 9.84. The number of piperazine rings is 1. The van der Waals surface area contributed by atoms with E-state index in [1.54, 1.807) is 30.3 Å². The molecule has 1 aliphatic heterocycles. The van der Waals surface area contributed by atoms with E-state index in [0.717, 1.165) is 32.7 Å². The Labute approximate surface area is 165 Å². The number of quaternary nitrogens is 2. The van der Waals surface area contributed by atoms with Gasteiger partial charge in [-0.1, -0.05) is 30.3 Å². The molecule has 2 aromatic rings. The molecule has 28 heavy (non-hydrogen) atoms. The normalized spacial score (nSPS) is 19.2. The van der Waals surface area contributed by atoms with Gasteiger partial charge in [0.05, 0.1) is 19.4 Å². The molecule has 0 spiro atoms. The number of benzene rings is 1. The van der Waals surface area contributed by atoms with Crippen molar-refractivity contribution in [2.24, 2.45) is 0 Å². The van der Waals surface area contributed by atoms with Crippen LogP contribution >= 0.6 is 0 Å². The van der Waals surface area contributed by atoms with E-state index in [1.807, 2.05) is 6.07 Å². The van der Waals surface area contributed by atoms with Crippen LogP contribution in [0.15, 0.2) is 53.1 Å². The molecule has 7 nitrogen and oxygen atoms in total. The number of carbonyl (C=O) groups excluding carboxylic acids is 2. The third-order valence-electron chi connectivity index (χ3n) is 5.21. The zero-order valence-electron chi connectivity index (χ0n) is 16.4. The largest absolute Gasteiger partial charge is 0.467 e. The van der Waals surface area contributed by atoms with Gasteiger partial charge in [0.2, 0.25) is 5.91 Å². The lowest BCUT2D eigenvalue weighted by Crippen LogP contribution is -3.28. The van der Waals surface area contributed by atoms with Gasteiger partial charge in [-0.25, -0.2) is 0 Å². The van der Waals surface area contributed by atoms with Crippen LogP contribution in [0.2, 0.25) is 0 Å². The van der Waals surface area contributed by atoms with Gasteiger partial charge in [-0.3, -0.25) is 9.59 Å². The quantitative estimate of drug-likeness (QED) is 0.509. The Morgan fingerprint density at radius 2 is 1.75 bits per heavy atom. The Kier molecular flexibility index (Phi) is 7.22. The summed E-state index contributed by atoms with van der Waals surface area (Å²) in [5.41, 5.74) is 1.36. The van der Waals surface area contributed by atoms with Gasteiger partial charge < -0.3 is 24.4 Å². The zero-order chi connectivity index (χ0) is 19.8. The standard InChI is InChI=1S/C21H28N4O3/c1-23(16-20(26)22-14-19-8-5-13-28-19)21(27)17-25-11-9-24(10-12-25)15-18-6-3-2-4-7-18/h2-8,13H,9-12,14-17H2,1H3,(H,22,26)/p+2. The highest BCUT2D eigenvalue weighted by Crippen LogP contribution is 1.98. The summed E-state index contributed by atoms with van der Waals surface area (Å²) in [6.07, 6.45) is 1.57. The van der Waals surface area contributed by atoms with Crippen LogP contribution in [0.1, 0.15) is 11.3 Å². The Bertz CT molecular complexity index is 740. The predicted octanol–water partition coefficient (Wildman–Crippen LogP) is -1.66. The van der Waals surface area contributed by atoms with Crippen LogP contribution < -0.4 is 15.1 Å². The molecule has 0 saturated carbocycles. The number of carbonyl (C=O) groups is 2. The highest BCUT2D eigenvalue weighted by Gasteiger charge is 2.26. The van der Waals surface area contributed by atoms with Crippen LogP contribution in [0.3, 0.4) is 0 Å². The minimum Gasteiger partial charge on any atom is -0.467 e. The fraction of sp³-hybridized carbons (Fsp3) is 0.429. The topological polar surface area (TPSA) is 71.4 Å². The third kappa shape index (κ3) is 6.21. The fourth-order valence-corrected chi connectivity index (χ4v) is 3.50. The molecule has 1 aromatic heterocycles. The Balaban J connectivity index is 1.34. The molecule has 0 atom stereocenters. The summed E-state index contributed by atoms with van der Waals surface area (Å²) < 4.78 is 5.18. The van der Waals surface area contributed by atoms with Crippen molar-refractivity contribution in [1.29, 1.82) is 0 Å². The summed E-state index contributed by atoms with van der Waals surface area (Å²) in [5.74, 6) is 0.525. The van der Waals surface area contributed by atoms with E-state index in [1.165, 1.54) is 15.4 Å². The molecule has 0 radical (unpaired) electrons. The van der Waals surface area contributed by atoms with Gasteiger partial charge >= 0.3 is 0 Å². The smallest absolute Gasteiger partial charge is 0.277 e. The van der Waals surface area contributed by atoms with Gasteiger partial charge in [0.1, 0.15) is 38.5 Å². The van der Waals surface area contributed by atoms with E-state index in [0.29, 0.717) is 18.8 Å². The average Bonchev–Trinajstić information content (AvgIpc) is 3.22. The van der Waals surface area contributed by atoms with Gasteiger partial charge in [0, 0.05) is 12.6 Å². The van der Waals surface area contributed by atoms with Crippen LogP contribution in [0.5, 0.6) is 0 Å². The first-order chi connectivity index (χ1) is 13.6. The Morgan fingerprint density at radius 1 is 1.04 bits per heavy atom. The number of likely N-dealkylation sites (N-methyl/N-ethyl adjacent to an activating group) is 1. The monoisotopic (exact) mass is 386 g/mol. The van der Waals surface area contributed by atoms with Crippen LogP contribution in [0, 0.1) is 0 Å². The van der Waals surface area contributed by atoms with Crippen molar-refractivity contribution >= 4 is 11.8 Å². The first-order valence-electron chi connectivity index (χ1n) is 9.84. The number of rotatable bonds is 8. The number of nitrogens with one attached hydrogen (secondary N) is 3. The molecule has 0 unspecified atom stereocenters. The number of furan rings is 1. The summed E-state index contributed by atoms with van der Waals surface area (Å²) >= 11 is 0. The molecule has 3 rings (SSSR count). The minimum atomic E-state index is -0.181. The second-order valence-corrected chi connectivity index (χ2v) is 7.45. The molecule has 7 heteroatoms. The summed E-state index contributed by atoms with van der Waals surface area (Å²) in [7, 11) is 1.69. The maximum absolute atomic E-state index is 12.5. The number of nitrogens with zero attached hydrogens (tertiary/aromatic N) is 1. The molecular weight excluding hydrogens is 356 g/mol. The summed E-state index contributed by atoms with van der Waals surface area (Å²) in [4.78, 5) is 28.8. The number of hydrogen-bond acceptors (Lipinski definition) is 3. The molecule has 1 aromatic carbocycles. The summed E-state index contributed by atoms with van der Waals surface area (Å²) in [5, 5.41) is 2.77. The predicted molar refractivity (Wildman–Crippen MR) is 105 cm³/mol. The molecule has 1 aliphatic rings. The molecule has 0 bridgehead atoms. The minimum absolute atomic E-state index is 0.00894. The lowest BCUT2D eigenvalue weighted by molar-refractivity contribution is -1.02. The molecule has 1 fully saturated rings. The van der Waals surface area contributed by atoms with E-state index in [4.69, 9.17) is 4.42 Å². The summed E-state index contributed by atoms with van der Waals surface area (Å²) in [6, 6.07) is 14.1. The molecule has 3 N–H and O–H groups in total. The number of hydrogen-bond donors (Lipinski definition) is 3. The van der Waals surface area contributed by atoms with Crippen LogP contribution in [-0.2, 0) is 22.7 Å². The lowest BCUT2D eigenvalue weighted by Gasteiger charge is -2.30. The molecule has 150 valence electrons. The van der Waals surface area contributed by atoms with E-state index in [-0.39, 0.29) is 18.4 Å². The van der Waals surface area contributed by atoms with Gasteiger partial charge in [0.25, 0.3) is 5.91 Å². The maximum atomic E-state index is 12.5. The SMILES string of the molecule is CN(CC(=O)NCc1ccco1)C(=O)C[NH+]1CC[NH+](Cc2ccccc2)CC1. The Morgan fingerprint density at radius 3 is 2.43 bits per heavy atom. The number of amides is 2. The Hall–Kier alpha value is -2.64. The second kappa shape index (κ2) is 10.1. The molecule has 1 saturated heterocycles. The van der Waals surface area contributed by atoms with Crippen molar-refractivity contribution in [2.45, 2.75) is 13.1 Å². The van der Waals surface area contributed by atoms with Crippen molar-refractivity contribution in [3.05, 3.63) is 60.1 Å². The van der Waals surface area contributed by atoms with Gasteiger partial charge in [-0.05, 0) is 12.1 Å². The highest BCUT2D eigenvalue weighted by molar-refractivity contribution is 5.84. The average molecular weight is 386 g/mol. The van der Waals surface area contributed by atoms with E-state index < -0.39 is 0 Å². The van der Waals surface area contributed by atoms with Crippen LogP contribution in [-0.4, -0.2) is 63.0 Å². The van der Waals surface area contributed by atoms with Crippen molar-refractivity contribution in [3.63, 3.8) is 0 Å². The fourth-order valence-electron chi connectivity index (χ4n) is 3.50. The van der Waals surface area contributed by atoms with Gasteiger partial charge in [-0.15, -0.1) is 0 Å². The zero-order valence-corrected chi connectivity index (χ0v) is 16.4. The first kappa shape index (κ1) is 20.1. The van der Waals surface area contributed by atoms with E-state index >= 15 is 0 Å². The van der Waals surface area contributed by atoms with Crippen molar-refractivity contribution in [2.75, 3.05) is 46.3 Å². The van der Waals surface area contributed by atoms with Gasteiger partial charge in [0.15, 0.2) is 6.54 Å². The highest BCUT2D eigenvalue weighted by atomic mass is 16.3. The van der Waals surface area contributed by atoms with E-state index in [9.17, 15) is 9.59 Å². The maximum Gasteiger partial charge on any atom is 0.277 e. The second-order valence-electron chi connectivity index (χ2n) is 7.45. The molecule has 0 aliphatic carbocycles. The van der Waals surface area contributed by atoms with Crippen LogP contribution in [0.25, 0.3) is 0 Å². The van der Waals surface area contributed by atoms with Crippen LogP contribution in [0.4, 0.5) is 0 Å². The molecule has 2 amide bonds.